The first-order chi connectivity index (χ1) is 10.1. The van der Waals surface area contributed by atoms with Gasteiger partial charge >= 0.3 is 0 Å². The summed E-state index contributed by atoms with van der Waals surface area (Å²) in [6, 6.07) is 3.21. The van der Waals surface area contributed by atoms with Crippen LogP contribution in [0.25, 0.3) is 0 Å². The van der Waals surface area contributed by atoms with E-state index in [9.17, 15) is 18.4 Å². The molecule has 0 radical (unpaired) electrons. The maximum Gasteiger partial charge on any atom is 0.257 e. The fourth-order valence-corrected chi connectivity index (χ4v) is 2.06. The van der Waals surface area contributed by atoms with Gasteiger partial charge in [0.15, 0.2) is 0 Å². The lowest BCUT2D eigenvalue weighted by Gasteiger charge is -2.11. The van der Waals surface area contributed by atoms with Crippen molar-refractivity contribution in [2.75, 3.05) is 19.7 Å². The molecule has 0 unspecified atom stereocenters. The summed E-state index contributed by atoms with van der Waals surface area (Å²) in [5.74, 6) is -2.93. The number of hydrogen-bond acceptors (Lipinski definition) is 3. The Morgan fingerprint density at radius 3 is 2.48 bits per heavy atom. The van der Waals surface area contributed by atoms with Crippen LogP contribution < -0.4 is 10.6 Å². The van der Waals surface area contributed by atoms with Crippen LogP contribution >= 0.6 is 0 Å². The Kier molecular flexibility index (Phi) is 5.21. The minimum atomic E-state index is -0.920. The van der Waals surface area contributed by atoms with Crippen LogP contribution in [0.1, 0.15) is 23.2 Å². The van der Waals surface area contributed by atoms with Crippen LogP contribution in [0, 0.1) is 11.6 Å². The van der Waals surface area contributed by atoms with Gasteiger partial charge in [-0.1, -0.05) is 6.07 Å². The molecule has 1 heterocycles. The zero-order valence-electron chi connectivity index (χ0n) is 11.3. The lowest BCUT2D eigenvalue weighted by Crippen LogP contribution is -2.39. The number of halogens is 2. The van der Waals surface area contributed by atoms with Gasteiger partial charge in [-0.2, -0.15) is 0 Å². The lowest BCUT2D eigenvalue weighted by atomic mass is 10.2. The van der Waals surface area contributed by atoms with Gasteiger partial charge in [0.05, 0.1) is 0 Å². The third-order valence-electron chi connectivity index (χ3n) is 3.12. The summed E-state index contributed by atoms with van der Waals surface area (Å²) in [7, 11) is 0. The molecule has 1 aliphatic heterocycles. The molecule has 2 rings (SSSR count). The van der Waals surface area contributed by atoms with Gasteiger partial charge in [0, 0.05) is 19.7 Å². The minimum absolute atomic E-state index is 0.0745. The van der Waals surface area contributed by atoms with E-state index >= 15 is 0 Å². The van der Waals surface area contributed by atoms with Crippen molar-refractivity contribution < 1.29 is 23.1 Å². The molecule has 21 heavy (non-hydrogen) atoms. The van der Waals surface area contributed by atoms with Gasteiger partial charge in [0.1, 0.15) is 23.3 Å². The standard InChI is InChI=1S/C14H16F2N2O3/c15-9-3-1-4-10(16)12(9)14(20)18-7-6-17-13(19)11-5-2-8-21-11/h1,3-4,11H,2,5-8H2,(H,17,19)(H,18,20)/t11-/m0/s1. The summed E-state index contributed by atoms with van der Waals surface area (Å²) in [6.07, 6.45) is 1.09. The van der Waals surface area contributed by atoms with E-state index in [0.717, 1.165) is 18.6 Å². The normalized spacial score (nSPS) is 17.5. The van der Waals surface area contributed by atoms with Gasteiger partial charge in [0.2, 0.25) is 5.91 Å². The molecule has 1 aromatic rings. The van der Waals surface area contributed by atoms with E-state index in [-0.39, 0.29) is 19.0 Å². The van der Waals surface area contributed by atoms with E-state index in [0.29, 0.717) is 13.0 Å². The van der Waals surface area contributed by atoms with Crippen LogP contribution in [0.3, 0.4) is 0 Å². The predicted molar refractivity (Wildman–Crippen MR) is 70.7 cm³/mol. The highest BCUT2D eigenvalue weighted by Crippen LogP contribution is 2.12. The molecule has 1 aliphatic rings. The van der Waals surface area contributed by atoms with Crippen LogP contribution in [0.5, 0.6) is 0 Å². The van der Waals surface area contributed by atoms with Crippen molar-refractivity contribution in [3.8, 4) is 0 Å². The van der Waals surface area contributed by atoms with E-state index < -0.39 is 29.2 Å². The molecule has 0 aliphatic carbocycles. The molecule has 5 nitrogen and oxygen atoms in total. The minimum Gasteiger partial charge on any atom is -0.368 e. The second-order valence-corrected chi connectivity index (χ2v) is 4.65. The highest BCUT2D eigenvalue weighted by Gasteiger charge is 2.23. The number of nitrogens with one attached hydrogen (secondary N) is 2. The van der Waals surface area contributed by atoms with Gasteiger partial charge < -0.3 is 15.4 Å². The fraction of sp³-hybridized carbons (Fsp3) is 0.429. The van der Waals surface area contributed by atoms with Crippen molar-refractivity contribution in [3.63, 3.8) is 0 Å². The van der Waals surface area contributed by atoms with Crippen LogP contribution in [0.2, 0.25) is 0 Å². The number of carbonyl (C=O) groups excluding carboxylic acids is 2. The topological polar surface area (TPSA) is 67.4 Å². The second kappa shape index (κ2) is 7.12. The van der Waals surface area contributed by atoms with Gasteiger partial charge in [-0.05, 0) is 25.0 Å². The van der Waals surface area contributed by atoms with E-state index in [1.54, 1.807) is 0 Å². The zero-order valence-corrected chi connectivity index (χ0v) is 11.3. The van der Waals surface area contributed by atoms with E-state index in [2.05, 4.69) is 10.6 Å². The number of rotatable bonds is 5. The average molecular weight is 298 g/mol. The quantitative estimate of drug-likeness (QED) is 0.797. The van der Waals surface area contributed by atoms with E-state index in [4.69, 9.17) is 4.74 Å². The largest absolute Gasteiger partial charge is 0.368 e. The summed E-state index contributed by atoms with van der Waals surface area (Å²) in [4.78, 5) is 23.3. The highest BCUT2D eigenvalue weighted by atomic mass is 19.1. The van der Waals surface area contributed by atoms with E-state index in [1.165, 1.54) is 6.07 Å². The first-order valence-corrected chi connectivity index (χ1v) is 6.71. The third kappa shape index (κ3) is 3.98. The van der Waals surface area contributed by atoms with Crippen LogP contribution in [0.15, 0.2) is 18.2 Å². The third-order valence-corrected chi connectivity index (χ3v) is 3.12. The summed E-state index contributed by atoms with van der Waals surface area (Å²) in [5.41, 5.74) is -0.622. The molecule has 0 bridgehead atoms. The molecule has 0 aromatic heterocycles. The number of hydrogen-bond donors (Lipinski definition) is 2. The Balaban J connectivity index is 1.75. The number of benzene rings is 1. The average Bonchev–Trinajstić information content (AvgIpc) is 2.97. The number of amides is 2. The molecule has 2 amide bonds. The van der Waals surface area contributed by atoms with Crippen LogP contribution in [0.4, 0.5) is 8.78 Å². The van der Waals surface area contributed by atoms with Gasteiger partial charge in [0.25, 0.3) is 5.91 Å². The summed E-state index contributed by atoms with van der Waals surface area (Å²) >= 11 is 0. The van der Waals surface area contributed by atoms with Gasteiger partial charge in [-0.15, -0.1) is 0 Å². The van der Waals surface area contributed by atoms with Crippen molar-refractivity contribution in [3.05, 3.63) is 35.4 Å². The summed E-state index contributed by atoms with van der Waals surface area (Å²) in [5, 5.41) is 4.95. The summed E-state index contributed by atoms with van der Waals surface area (Å²) < 4.78 is 31.9. The molecule has 1 aromatic carbocycles. The Bertz CT molecular complexity index is 511. The maximum absolute atomic E-state index is 13.4. The molecule has 0 spiro atoms. The SMILES string of the molecule is O=C(NCCNC(=O)[C@@H]1CCCO1)c1c(F)cccc1F. The predicted octanol–water partition coefficient (Wildman–Crippen LogP) is 0.990. The Labute approximate surface area is 120 Å². The molecule has 1 fully saturated rings. The van der Waals surface area contributed by atoms with Gasteiger partial charge in [-0.25, -0.2) is 8.78 Å². The monoisotopic (exact) mass is 298 g/mol. The van der Waals surface area contributed by atoms with Crippen molar-refractivity contribution in [1.82, 2.24) is 10.6 Å². The van der Waals surface area contributed by atoms with Crippen molar-refractivity contribution >= 4 is 11.8 Å². The maximum atomic E-state index is 13.4. The Morgan fingerprint density at radius 2 is 1.86 bits per heavy atom. The molecular weight excluding hydrogens is 282 g/mol. The molecule has 7 heteroatoms. The fourth-order valence-electron chi connectivity index (χ4n) is 2.06. The van der Waals surface area contributed by atoms with Crippen LogP contribution in [-0.4, -0.2) is 37.6 Å². The van der Waals surface area contributed by atoms with Crippen molar-refractivity contribution in [1.29, 1.82) is 0 Å². The molecule has 0 saturated carbocycles. The second-order valence-electron chi connectivity index (χ2n) is 4.65. The number of ether oxygens (including phenoxy) is 1. The van der Waals surface area contributed by atoms with Crippen LogP contribution in [-0.2, 0) is 9.53 Å². The Morgan fingerprint density at radius 1 is 1.19 bits per heavy atom. The number of carbonyl (C=O) groups is 2. The van der Waals surface area contributed by atoms with Crippen molar-refractivity contribution in [2.24, 2.45) is 0 Å². The molecule has 114 valence electrons. The first kappa shape index (κ1) is 15.4. The lowest BCUT2D eigenvalue weighted by molar-refractivity contribution is -0.129. The molecule has 1 saturated heterocycles. The smallest absolute Gasteiger partial charge is 0.257 e. The summed E-state index contributed by atoms with van der Waals surface area (Å²) in [6.45, 7) is 0.812. The molecule has 1 atom stereocenters. The highest BCUT2D eigenvalue weighted by molar-refractivity contribution is 5.94. The zero-order chi connectivity index (χ0) is 15.2. The van der Waals surface area contributed by atoms with E-state index in [1.807, 2.05) is 0 Å². The molecule has 2 N–H and O–H groups in total. The molecular formula is C14H16F2N2O3. The van der Waals surface area contributed by atoms with Crippen molar-refractivity contribution in [2.45, 2.75) is 18.9 Å². The van der Waals surface area contributed by atoms with Gasteiger partial charge in [-0.3, -0.25) is 9.59 Å². The first-order valence-electron chi connectivity index (χ1n) is 6.71. The Hall–Kier alpha value is -2.02.